The van der Waals surface area contributed by atoms with Crippen LogP contribution in [0.1, 0.15) is 36.7 Å². The Kier molecular flexibility index (Phi) is 8.32. The lowest BCUT2D eigenvalue weighted by atomic mass is 10.1. The van der Waals surface area contributed by atoms with Gasteiger partial charge in [-0.3, -0.25) is 9.69 Å². The molecular formula is C29H31N7O3S. The van der Waals surface area contributed by atoms with Gasteiger partial charge in [-0.2, -0.15) is 9.83 Å². The molecule has 5 aromatic heterocycles. The lowest BCUT2D eigenvalue weighted by Gasteiger charge is -2.26. The van der Waals surface area contributed by atoms with Gasteiger partial charge in [-0.05, 0) is 49.7 Å². The molecule has 0 aromatic carbocycles. The third kappa shape index (κ3) is 6.11. The minimum atomic E-state index is -0.228. The zero-order chi connectivity index (χ0) is 28.1. The Morgan fingerprint density at radius 3 is 2.77 bits per heavy atom. The Bertz CT molecular complexity index is 1600. The number of fused-ring (bicyclic) bond motifs is 1. The number of aromatic nitrogens is 5. The number of pyridine rings is 2. The van der Waals surface area contributed by atoms with Gasteiger partial charge >= 0.3 is 0 Å². The van der Waals surface area contributed by atoms with Crippen molar-refractivity contribution in [2.24, 2.45) is 0 Å². The molecule has 1 amide bonds. The molecule has 11 heteroatoms. The molecule has 0 saturated carbocycles. The van der Waals surface area contributed by atoms with Crippen LogP contribution in [0, 0.1) is 5.21 Å². The van der Waals surface area contributed by atoms with E-state index in [-0.39, 0.29) is 24.4 Å². The smallest absolute Gasteiger partial charge is 0.251 e. The van der Waals surface area contributed by atoms with E-state index in [1.807, 2.05) is 29.8 Å². The fourth-order valence-corrected chi connectivity index (χ4v) is 5.22. The summed E-state index contributed by atoms with van der Waals surface area (Å²) in [6.45, 7) is 8.74. The number of nitrogens with zero attached hydrogens (tertiary/aromatic N) is 6. The molecule has 5 aromatic rings. The summed E-state index contributed by atoms with van der Waals surface area (Å²) >= 11 is 1.61. The van der Waals surface area contributed by atoms with Crippen LogP contribution in [0.4, 0.5) is 0 Å². The molecule has 0 aliphatic rings. The van der Waals surface area contributed by atoms with Gasteiger partial charge < -0.3 is 15.3 Å². The monoisotopic (exact) mass is 557 g/mol. The molecule has 1 N–H and O–H groups in total. The van der Waals surface area contributed by atoms with Crippen LogP contribution in [0.15, 0.2) is 72.6 Å². The van der Waals surface area contributed by atoms with Crippen LogP contribution in [-0.4, -0.2) is 56.1 Å². The van der Waals surface area contributed by atoms with E-state index in [4.69, 9.17) is 14.7 Å². The molecule has 0 bridgehead atoms. The molecule has 5 heterocycles. The van der Waals surface area contributed by atoms with Crippen molar-refractivity contribution in [1.29, 1.82) is 0 Å². The molecule has 0 fully saturated rings. The van der Waals surface area contributed by atoms with Gasteiger partial charge in [0.2, 0.25) is 5.88 Å². The fraction of sp³-hybridized carbons (Fsp3) is 0.276. The number of carbonyl (C=O) groups is 1. The van der Waals surface area contributed by atoms with Gasteiger partial charge in [-0.1, -0.05) is 19.9 Å². The van der Waals surface area contributed by atoms with E-state index in [2.05, 4.69) is 36.1 Å². The minimum Gasteiger partial charge on any atom is -0.619 e. The van der Waals surface area contributed by atoms with Gasteiger partial charge in [0.1, 0.15) is 6.61 Å². The Morgan fingerprint density at radius 1 is 1.18 bits per heavy atom. The van der Waals surface area contributed by atoms with Crippen LogP contribution in [0.3, 0.4) is 0 Å². The van der Waals surface area contributed by atoms with Gasteiger partial charge in [0.05, 0.1) is 33.6 Å². The lowest BCUT2D eigenvalue weighted by molar-refractivity contribution is -0.606. The second kappa shape index (κ2) is 12.2. The zero-order valence-electron chi connectivity index (χ0n) is 22.7. The van der Waals surface area contributed by atoms with E-state index >= 15 is 0 Å². The first-order valence-corrected chi connectivity index (χ1v) is 14.1. The highest BCUT2D eigenvalue weighted by molar-refractivity contribution is 7.13. The number of carbonyl (C=O) groups excluding carboxylic acids is 1. The largest absolute Gasteiger partial charge is 0.619 e. The number of thiophene rings is 1. The summed E-state index contributed by atoms with van der Waals surface area (Å²) in [4.78, 5) is 26.2. The van der Waals surface area contributed by atoms with Crippen molar-refractivity contribution in [2.45, 2.75) is 33.4 Å². The second-order valence-electron chi connectivity index (χ2n) is 9.34. The molecule has 206 valence electrons. The van der Waals surface area contributed by atoms with E-state index in [1.165, 1.54) is 12.4 Å². The highest BCUT2D eigenvalue weighted by Crippen LogP contribution is 2.29. The number of hydrogen-bond acceptors (Lipinski definition) is 8. The Morgan fingerprint density at radius 2 is 2.02 bits per heavy atom. The Labute approximate surface area is 236 Å². The van der Waals surface area contributed by atoms with Crippen molar-refractivity contribution >= 4 is 22.9 Å². The number of likely N-dealkylation sites (N-methyl/N-ethyl adjacent to an activating group) is 1. The summed E-state index contributed by atoms with van der Waals surface area (Å²) < 4.78 is 8.37. The Balaban J connectivity index is 1.48. The second-order valence-corrected chi connectivity index (χ2v) is 10.3. The summed E-state index contributed by atoms with van der Waals surface area (Å²) in [6, 6.07) is 12.9. The molecule has 0 aliphatic carbocycles. The highest BCUT2D eigenvalue weighted by Gasteiger charge is 2.18. The van der Waals surface area contributed by atoms with Crippen LogP contribution in [0.5, 0.6) is 5.88 Å². The SMILES string of the molecule is CCN(CC)C(C)CNC(=O)c1cc(OCc2ccc[n+]([O-])c2)nc(-c2cnn3ccc(-c4cccs4)nc23)c1. The van der Waals surface area contributed by atoms with Crippen molar-refractivity contribution in [3.63, 3.8) is 0 Å². The summed E-state index contributed by atoms with van der Waals surface area (Å²) in [5.74, 6) is 0.0304. The average molecular weight is 558 g/mol. The van der Waals surface area contributed by atoms with Crippen LogP contribution in [0.2, 0.25) is 0 Å². The average Bonchev–Trinajstić information content (AvgIpc) is 3.66. The maximum absolute atomic E-state index is 13.3. The van der Waals surface area contributed by atoms with Gasteiger partial charge in [0.15, 0.2) is 18.0 Å². The van der Waals surface area contributed by atoms with E-state index in [0.717, 1.165) is 23.7 Å². The summed E-state index contributed by atoms with van der Waals surface area (Å²) in [6.07, 6.45) is 6.39. The maximum atomic E-state index is 13.3. The van der Waals surface area contributed by atoms with Crippen LogP contribution in [-0.2, 0) is 6.61 Å². The standard InChI is InChI=1S/C29H31N7O3S/c1-4-34(5-2)20(3)16-30-29(37)22-14-25(32-27(15-22)39-19-21-8-6-11-35(38)18-21)23-17-31-36-12-10-24(33-28(23)36)26-9-7-13-40-26/h6-15,17-18,20H,4-5,16,19H2,1-3H3,(H,30,37). The zero-order valence-corrected chi connectivity index (χ0v) is 23.5. The molecule has 0 saturated heterocycles. The molecule has 40 heavy (non-hydrogen) atoms. The number of hydrogen-bond donors (Lipinski definition) is 1. The molecule has 1 unspecified atom stereocenters. The topological polar surface area (TPSA) is 112 Å². The van der Waals surface area contributed by atoms with E-state index in [1.54, 1.807) is 46.3 Å². The maximum Gasteiger partial charge on any atom is 0.251 e. The van der Waals surface area contributed by atoms with Crippen molar-refractivity contribution in [1.82, 2.24) is 29.8 Å². The van der Waals surface area contributed by atoms with E-state index < -0.39 is 0 Å². The van der Waals surface area contributed by atoms with Crippen LogP contribution in [0.25, 0.3) is 27.5 Å². The van der Waals surface area contributed by atoms with Crippen molar-refractivity contribution < 1.29 is 14.3 Å². The number of nitrogens with one attached hydrogen (secondary N) is 1. The fourth-order valence-electron chi connectivity index (χ4n) is 4.52. The van der Waals surface area contributed by atoms with Gasteiger partial charge in [-0.25, -0.2) is 14.5 Å². The molecule has 10 nitrogen and oxygen atoms in total. The first kappa shape index (κ1) is 27.2. The lowest BCUT2D eigenvalue weighted by Crippen LogP contribution is -2.42. The summed E-state index contributed by atoms with van der Waals surface area (Å²) in [5, 5.41) is 21.2. The van der Waals surface area contributed by atoms with Gasteiger partial charge in [0.25, 0.3) is 5.91 Å². The predicted molar refractivity (Wildman–Crippen MR) is 154 cm³/mol. The van der Waals surface area contributed by atoms with E-state index in [0.29, 0.717) is 39.3 Å². The predicted octanol–water partition coefficient (Wildman–Crippen LogP) is 4.19. The molecule has 5 rings (SSSR count). The normalized spacial score (nSPS) is 12.1. The van der Waals surface area contributed by atoms with Gasteiger partial charge in [-0.15, -0.1) is 11.3 Å². The molecule has 0 radical (unpaired) electrons. The van der Waals surface area contributed by atoms with Crippen molar-refractivity contribution in [3.8, 4) is 27.7 Å². The quantitative estimate of drug-likeness (QED) is 0.191. The third-order valence-electron chi connectivity index (χ3n) is 6.70. The number of rotatable bonds is 11. The Hall–Kier alpha value is -4.35. The molecule has 0 spiro atoms. The molecule has 0 aliphatic heterocycles. The van der Waals surface area contributed by atoms with Crippen LogP contribution >= 0.6 is 11.3 Å². The number of amides is 1. The van der Waals surface area contributed by atoms with Gasteiger partial charge in [0, 0.05) is 36.5 Å². The first-order valence-electron chi connectivity index (χ1n) is 13.2. The summed E-state index contributed by atoms with van der Waals surface area (Å²) in [7, 11) is 0. The summed E-state index contributed by atoms with van der Waals surface area (Å²) in [5.41, 5.74) is 3.72. The number of ether oxygens (including phenoxy) is 1. The van der Waals surface area contributed by atoms with Crippen molar-refractivity contribution in [2.75, 3.05) is 19.6 Å². The first-order chi connectivity index (χ1) is 19.4. The van der Waals surface area contributed by atoms with Crippen molar-refractivity contribution in [3.05, 3.63) is 89.0 Å². The van der Waals surface area contributed by atoms with E-state index in [9.17, 15) is 10.0 Å². The van der Waals surface area contributed by atoms with Crippen LogP contribution < -0.4 is 14.8 Å². The highest BCUT2D eigenvalue weighted by atomic mass is 32.1. The molecular weight excluding hydrogens is 526 g/mol. The molecule has 1 atom stereocenters. The third-order valence-corrected chi connectivity index (χ3v) is 7.59. The minimum absolute atomic E-state index is 0.120.